The molecule has 4 heteroatoms. The van der Waals surface area contributed by atoms with Gasteiger partial charge in [-0.1, -0.05) is 0 Å². The Bertz CT molecular complexity index is 573. The molecule has 0 atom stereocenters. The topological polar surface area (TPSA) is 29.9 Å². The van der Waals surface area contributed by atoms with E-state index in [1.165, 1.54) is 17.0 Å². The second-order valence-corrected chi connectivity index (χ2v) is 5.39. The maximum Gasteiger partial charge on any atom is 0.109 e. The highest BCUT2D eigenvalue weighted by atomic mass is 79.9. The first-order valence-corrected chi connectivity index (χ1v) is 6.76. The van der Waals surface area contributed by atoms with Gasteiger partial charge in [-0.3, -0.25) is 0 Å². The van der Waals surface area contributed by atoms with E-state index in [1.54, 1.807) is 0 Å². The molecular formula is C14H18BrN3. The Balaban J connectivity index is 2.11. The molecule has 18 heavy (non-hydrogen) atoms. The third-order valence-electron chi connectivity index (χ3n) is 3.38. The summed E-state index contributed by atoms with van der Waals surface area (Å²) in [6, 6.07) is 4.32. The van der Waals surface area contributed by atoms with E-state index < -0.39 is 0 Å². The van der Waals surface area contributed by atoms with Crippen molar-refractivity contribution in [1.29, 1.82) is 0 Å². The highest BCUT2D eigenvalue weighted by Crippen LogP contribution is 2.19. The minimum atomic E-state index is 0.830. The van der Waals surface area contributed by atoms with Crippen molar-refractivity contribution in [2.24, 2.45) is 7.05 Å². The van der Waals surface area contributed by atoms with E-state index >= 15 is 0 Å². The number of hydrogen-bond donors (Lipinski definition) is 1. The van der Waals surface area contributed by atoms with E-state index in [0.29, 0.717) is 0 Å². The van der Waals surface area contributed by atoms with Crippen LogP contribution in [0.4, 0.5) is 5.69 Å². The van der Waals surface area contributed by atoms with E-state index in [2.05, 4.69) is 63.8 Å². The van der Waals surface area contributed by atoms with Gasteiger partial charge in [0.1, 0.15) is 4.60 Å². The normalized spacial score (nSPS) is 10.7. The highest BCUT2D eigenvalue weighted by Gasteiger charge is 2.06. The Hall–Kier alpha value is -1.29. The summed E-state index contributed by atoms with van der Waals surface area (Å²) in [7, 11) is 2.10. The van der Waals surface area contributed by atoms with Crippen LogP contribution >= 0.6 is 15.9 Å². The number of hydrogen-bond acceptors (Lipinski definition) is 2. The highest BCUT2D eigenvalue weighted by molar-refractivity contribution is 9.10. The zero-order valence-corrected chi connectivity index (χ0v) is 12.8. The summed E-state index contributed by atoms with van der Waals surface area (Å²) in [4.78, 5) is 4.29. The lowest BCUT2D eigenvalue weighted by Gasteiger charge is -2.08. The van der Waals surface area contributed by atoms with Crippen LogP contribution in [0.25, 0.3) is 0 Å². The van der Waals surface area contributed by atoms with Gasteiger partial charge in [0.25, 0.3) is 0 Å². The molecule has 0 radical (unpaired) electrons. The second-order valence-electron chi connectivity index (χ2n) is 4.64. The van der Waals surface area contributed by atoms with Crippen molar-refractivity contribution in [3.8, 4) is 0 Å². The van der Waals surface area contributed by atoms with Crippen LogP contribution in [0.15, 0.2) is 22.9 Å². The van der Waals surface area contributed by atoms with E-state index in [0.717, 1.165) is 22.4 Å². The van der Waals surface area contributed by atoms with Gasteiger partial charge < -0.3 is 9.88 Å². The monoisotopic (exact) mass is 307 g/mol. The summed E-state index contributed by atoms with van der Waals surface area (Å²) in [6.45, 7) is 7.15. The van der Waals surface area contributed by atoms with Crippen molar-refractivity contribution in [1.82, 2.24) is 9.55 Å². The molecule has 2 aromatic rings. The van der Waals surface area contributed by atoms with E-state index in [-0.39, 0.29) is 0 Å². The molecule has 0 aliphatic heterocycles. The van der Waals surface area contributed by atoms with Gasteiger partial charge in [-0.05, 0) is 60.0 Å². The summed E-state index contributed by atoms with van der Waals surface area (Å²) in [6.07, 6.45) is 1.85. The second kappa shape index (κ2) is 5.14. The standard InChI is InChI=1S/C14H18BrN3/c1-9-5-13(8-17-14(9)15)16-7-12-6-10(2)18(4)11(12)3/h5-6,8,16H,7H2,1-4H3. The molecule has 2 heterocycles. The van der Waals surface area contributed by atoms with Gasteiger partial charge in [-0.15, -0.1) is 0 Å². The van der Waals surface area contributed by atoms with Gasteiger partial charge >= 0.3 is 0 Å². The van der Waals surface area contributed by atoms with Crippen LogP contribution in [0.1, 0.15) is 22.5 Å². The molecule has 2 rings (SSSR count). The number of aryl methyl sites for hydroxylation is 2. The van der Waals surface area contributed by atoms with Crippen molar-refractivity contribution in [3.05, 3.63) is 45.4 Å². The first kappa shape index (κ1) is 13.1. The molecule has 3 nitrogen and oxygen atoms in total. The van der Waals surface area contributed by atoms with Crippen molar-refractivity contribution in [2.45, 2.75) is 27.3 Å². The summed E-state index contributed by atoms with van der Waals surface area (Å²) < 4.78 is 3.11. The molecule has 96 valence electrons. The number of nitrogens with zero attached hydrogens (tertiary/aromatic N) is 2. The molecule has 0 aromatic carbocycles. The van der Waals surface area contributed by atoms with Gasteiger partial charge in [0.05, 0.1) is 11.9 Å². The Morgan fingerprint density at radius 1 is 1.28 bits per heavy atom. The van der Waals surface area contributed by atoms with Gasteiger partial charge in [-0.2, -0.15) is 0 Å². The lowest BCUT2D eigenvalue weighted by atomic mass is 10.2. The van der Waals surface area contributed by atoms with Crippen LogP contribution in [-0.4, -0.2) is 9.55 Å². The molecule has 0 fully saturated rings. The maximum atomic E-state index is 4.29. The summed E-state index contributed by atoms with van der Waals surface area (Å²) >= 11 is 3.41. The zero-order chi connectivity index (χ0) is 13.3. The van der Waals surface area contributed by atoms with Crippen molar-refractivity contribution < 1.29 is 0 Å². The molecule has 1 N–H and O–H groups in total. The molecular weight excluding hydrogens is 290 g/mol. The van der Waals surface area contributed by atoms with Crippen molar-refractivity contribution in [2.75, 3.05) is 5.32 Å². The molecule has 0 saturated heterocycles. The van der Waals surface area contributed by atoms with Crippen LogP contribution in [0.5, 0.6) is 0 Å². The van der Waals surface area contributed by atoms with Crippen LogP contribution < -0.4 is 5.32 Å². The summed E-state index contributed by atoms with van der Waals surface area (Å²) in [5.41, 5.74) is 6.12. The third kappa shape index (κ3) is 2.58. The SMILES string of the molecule is Cc1cc(NCc2cc(C)n(C)c2C)cnc1Br. The molecule has 0 bridgehead atoms. The lowest BCUT2D eigenvalue weighted by Crippen LogP contribution is -2.02. The third-order valence-corrected chi connectivity index (χ3v) is 4.21. The maximum absolute atomic E-state index is 4.29. The quantitative estimate of drug-likeness (QED) is 0.876. The summed E-state index contributed by atoms with van der Waals surface area (Å²) in [5.74, 6) is 0. The van der Waals surface area contributed by atoms with Crippen LogP contribution in [0, 0.1) is 20.8 Å². The average Bonchev–Trinajstić information content (AvgIpc) is 2.58. The molecule has 0 unspecified atom stereocenters. The van der Waals surface area contributed by atoms with Gasteiger partial charge in [0.2, 0.25) is 0 Å². The molecule has 0 saturated carbocycles. The van der Waals surface area contributed by atoms with E-state index in [9.17, 15) is 0 Å². The smallest absolute Gasteiger partial charge is 0.109 e. The number of halogens is 1. The Morgan fingerprint density at radius 2 is 2.00 bits per heavy atom. The van der Waals surface area contributed by atoms with Gasteiger partial charge in [0.15, 0.2) is 0 Å². The molecule has 0 amide bonds. The Kier molecular flexibility index (Phi) is 3.76. The van der Waals surface area contributed by atoms with E-state index in [4.69, 9.17) is 0 Å². The van der Waals surface area contributed by atoms with Gasteiger partial charge in [0, 0.05) is 25.0 Å². The van der Waals surface area contributed by atoms with E-state index in [1.807, 2.05) is 13.1 Å². The average molecular weight is 308 g/mol. The fourth-order valence-corrected chi connectivity index (χ4v) is 2.18. The number of anilines is 1. The Morgan fingerprint density at radius 3 is 2.56 bits per heavy atom. The van der Waals surface area contributed by atoms with Crippen LogP contribution in [-0.2, 0) is 13.6 Å². The summed E-state index contributed by atoms with van der Waals surface area (Å²) in [5, 5.41) is 3.41. The molecule has 0 aliphatic carbocycles. The number of pyridine rings is 1. The molecule has 0 spiro atoms. The Labute approximate surface area is 116 Å². The molecule has 2 aromatic heterocycles. The van der Waals surface area contributed by atoms with Crippen LogP contribution in [0.2, 0.25) is 0 Å². The predicted octanol–water partition coefficient (Wildman–Crippen LogP) is 3.72. The minimum absolute atomic E-state index is 0.830. The van der Waals surface area contributed by atoms with Crippen molar-refractivity contribution >= 4 is 21.6 Å². The number of aromatic nitrogens is 2. The number of rotatable bonds is 3. The fraction of sp³-hybridized carbons (Fsp3) is 0.357. The predicted molar refractivity (Wildman–Crippen MR) is 78.9 cm³/mol. The largest absolute Gasteiger partial charge is 0.380 e. The number of nitrogens with one attached hydrogen (secondary N) is 1. The fourth-order valence-electron chi connectivity index (χ4n) is 1.96. The first-order chi connectivity index (χ1) is 8.49. The molecule has 0 aliphatic rings. The minimum Gasteiger partial charge on any atom is -0.380 e. The first-order valence-electron chi connectivity index (χ1n) is 5.97. The lowest BCUT2D eigenvalue weighted by molar-refractivity contribution is 0.837. The zero-order valence-electron chi connectivity index (χ0n) is 11.2. The van der Waals surface area contributed by atoms with Crippen molar-refractivity contribution in [3.63, 3.8) is 0 Å². The van der Waals surface area contributed by atoms with Gasteiger partial charge in [-0.25, -0.2) is 4.98 Å². The van der Waals surface area contributed by atoms with Crippen LogP contribution in [0.3, 0.4) is 0 Å².